The number of ether oxygens (including phenoxy) is 1. The van der Waals surface area contributed by atoms with Crippen molar-refractivity contribution in [2.24, 2.45) is 5.92 Å². The van der Waals surface area contributed by atoms with Crippen LogP contribution >= 0.6 is 0 Å². The van der Waals surface area contributed by atoms with E-state index in [1.807, 2.05) is 45.0 Å². The standard InChI is InChI=1S/C19H25N3O3S/c1-19(2,3)25-18(23)22-10-8-14(9-11-22)13-26(24)17-12-20-15-6-4-5-7-16(15)21-17/h4-7,12,14H,8-11,13H2,1-3H3/t26-/m0/s1. The van der Waals surface area contributed by atoms with Gasteiger partial charge in [0.1, 0.15) is 10.6 Å². The second-order valence-corrected chi connectivity index (χ2v) is 9.06. The topological polar surface area (TPSA) is 72.4 Å². The maximum Gasteiger partial charge on any atom is 0.410 e. The first-order valence-electron chi connectivity index (χ1n) is 8.90. The Morgan fingerprint density at radius 2 is 1.88 bits per heavy atom. The van der Waals surface area contributed by atoms with Gasteiger partial charge in [0.05, 0.1) is 28.0 Å². The molecule has 1 aromatic carbocycles. The van der Waals surface area contributed by atoms with E-state index in [0.717, 1.165) is 23.9 Å². The van der Waals surface area contributed by atoms with Crippen molar-refractivity contribution < 1.29 is 13.7 Å². The number of nitrogens with zero attached hydrogens (tertiary/aromatic N) is 3. The second kappa shape index (κ2) is 7.70. The molecule has 140 valence electrons. The fourth-order valence-corrected chi connectivity index (χ4v) is 4.26. The molecule has 2 aromatic rings. The summed E-state index contributed by atoms with van der Waals surface area (Å²) in [5, 5.41) is 0.526. The highest BCUT2D eigenvalue weighted by molar-refractivity contribution is 7.84. The minimum absolute atomic E-state index is 0.266. The molecule has 1 saturated heterocycles. The van der Waals surface area contributed by atoms with Crippen LogP contribution in [-0.2, 0) is 15.5 Å². The maximum absolute atomic E-state index is 12.7. The zero-order valence-corrected chi connectivity index (χ0v) is 16.3. The molecule has 3 rings (SSSR count). The molecule has 6 nitrogen and oxygen atoms in total. The number of likely N-dealkylation sites (tertiary alicyclic amines) is 1. The molecule has 1 amide bonds. The number of aromatic nitrogens is 2. The van der Waals surface area contributed by atoms with Crippen molar-refractivity contribution in [3.8, 4) is 0 Å². The number of amides is 1. The first-order valence-corrected chi connectivity index (χ1v) is 10.2. The van der Waals surface area contributed by atoms with Crippen LogP contribution < -0.4 is 0 Å². The zero-order chi connectivity index (χ0) is 18.7. The summed E-state index contributed by atoms with van der Waals surface area (Å²) in [6, 6.07) is 7.58. The lowest BCUT2D eigenvalue weighted by Crippen LogP contribution is -2.42. The van der Waals surface area contributed by atoms with Crippen LogP contribution in [0, 0.1) is 5.92 Å². The largest absolute Gasteiger partial charge is 0.444 e. The van der Waals surface area contributed by atoms with Gasteiger partial charge < -0.3 is 9.64 Å². The maximum atomic E-state index is 12.7. The van der Waals surface area contributed by atoms with Gasteiger partial charge in [-0.25, -0.2) is 9.78 Å². The predicted molar refractivity (Wildman–Crippen MR) is 101 cm³/mol. The van der Waals surface area contributed by atoms with Gasteiger partial charge in [-0.1, -0.05) is 12.1 Å². The predicted octanol–water partition coefficient (Wildman–Crippen LogP) is 3.38. The Bertz CT molecular complexity index is 811. The molecule has 0 unspecified atom stereocenters. The molecule has 0 saturated carbocycles. The smallest absolute Gasteiger partial charge is 0.410 e. The quantitative estimate of drug-likeness (QED) is 0.822. The number of carbonyl (C=O) groups excluding carboxylic acids is 1. The summed E-state index contributed by atoms with van der Waals surface area (Å²) in [5.74, 6) is 0.859. The van der Waals surface area contributed by atoms with E-state index in [1.165, 1.54) is 0 Å². The number of benzene rings is 1. The van der Waals surface area contributed by atoms with E-state index in [4.69, 9.17) is 4.74 Å². The second-order valence-electron chi connectivity index (χ2n) is 7.62. The van der Waals surface area contributed by atoms with Crippen molar-refractivity contribution >= 4 is 27.9 Å². The minimum Gasteiger partial charge on any atom is -0.444 e. The van der Waals surface area contributed by atoms with Gasteiger partial charge in [-0.15, -0.1) is 0 Å². The third-order valence-electron chi connectivity index (χ3n) is 4.31. The summed E-state index contributed by atoms with van der Waals surface area (Å²) in [4.78, 5) is 22.7. The first kappa shape index (κ1) is 18.8. The van der Waals surface area contributed by atoms with E-state index in [-0.39, 0.29) is 6.09 Å². The zero-order valence-electron chi connectivity index (χ0n) is 15.5. The molecule has 0 N–H and O–H groups in total. The molecule has 1 fully saturated rings. The molecule has 7 heteroatoms. The van der Waals surface area contributed by atoms with Crippen LogP contribution in [0.25, 0.3) is 11.0 Å². The highest BCUT2D eigenvalue weighted by atomic mass is 32.2. The molecule has 0 spiro atoms. The molecule has 26 heavy (non-hydrogen) atoms. The van der Waals surface area contributed by atoms with Crippen molar-refractivity contribution in [3.05, 3.63) is 30.5 Å². The average molecular weight is 375 g/mol. The van der Waals surface area contributed by atoms with Crippen LogP contribution in [0.5, 0.6) is 0 Å². The minimum atomic E-state index is -1.18. The lowest BCUT2D eigenvalue weighted by Gasteiger charge is -2.33. The highest BCUT2D eigenvalue weighted by Crippen LogP contribution is 2.22. The van der Waals surface area contributed by atoms with Crippen LogP contribution in [0.1, 0.15) is 33.6 Å². The summed E-state index contributed by atoms with van der Waals surface area (Å²) in [6.45, 7) is 6.88. The molecule has 1 aliphatic heterocycles. The van der Waals surface area contributed by atoms with Crippen LogP contribution in [-0.4, -0.2) is 49.6 Å². The van der Waals surface area contributed by atoms with E-state index in [0.29, 0.717) is 29.8 Å². The molecule has 0 bridgehead atoms. The van der Waals surface area contributed by atoms with Crippen molar-refractivity contribution in [3.63, 3.8) is 0 Å². The Morgan fingerprint density at radius 1 is 1.23 bits per heavy atom. The van der Waals surface area contributed by atoms with Crippen LogP contribution in [0.2, 0.25) is 0 Å². The van der Waals surface area contributed by atoms with Gasteiger partial charge in [0.25, 0.3) is 0 Å². The Balaban J connectivity index is 1.55. The molecule has 2 heterocycles. The van der Waals surface area contributed by atoms with E-state index in [1.54, 1.807) is 11.1 Å². The average Bonchev–Trinajstić information content (AvgIpc) is 2.60. The lowest BCUT2D eigenvalue weighted by atomic mass is 9.99. The Hall–Kier alpha value is -2.02. The van der Waals surface area contributed by atoms with Crippen LogP contribution in [0.3, 0.4) is 0 Å². The first-order chi connectivity index (χ1) is 12.3. The molecule has 0 aliphatic carbocycles. The number of fused-ring (bicyclic) bond motifs is 1. The van der Waals surface area contributed by atoms with Crippen molar-refractivity contribution in [2.45, 2.75) is 44.2 Å². The number of hydrogen-bond donors (Lipinski definition) is 0. The van der Waals surface area contributed by atoms with Crippen molar-refractivity contribution in [1.82, 2.24) is 14.9 Å². The number of piperidine rings is 1. The summed E-state index contributed by atoms with van der Waals surface area (Å²) >= 11 is 0. The SMILES string of the molecule is CC(C)(C)OC(=O)N1CCC(C[S@](=O)c2cnc3ccccc3n2)CC1. The van der Waals surface area contributed by atoms with Crippen LogP contribution in [0.15, 0.2) is 35.5 Å². The van der Waals surface area contributed by atoms with Gasteiger partial charge in [0.2, 0.25) is 0 Å². The van der Waals surface area contributed by atoms with Gasteiger partial charge >= 0.3 is 6.09 Å². The van der Waals surface area contributed by atoms with Gasteiger partial charge in [0.15, 0.2) is 0 Å². The van der Waals surface area contributed by atoms with Gasteiger partial charge in [-0.3, -0.25) is 9.19 Å². The third kappa shape index (κ3) is 4.78. The number of para-hydroxylation sites is 2. The summed E-state index contributed by atoms with van der Waals surface area (Å²) in [5.41, 5.74) is 1.08. The highest BCUT2D eigenvalue weighted by Gasteiger charge is 2.28. The lowest BCUT2D eigenvalue weighted by molar-refractivity contribution is 0.0191. The third-order valence-corrected chi connectivity index (χ3v) is 5.75. The molecule has 1 aliphatic rings. The van der Waals surface area contributed by atoms with E-state index < -0.39 is 16.4 Å². The Labute approximate surface area is 156 Å². The molecule has 1 aromatic heterocycles. The fraction of sp³-hybridized carbons (Fsp3) is 0.526. The van der Waals surface area contributed by atoms with Crippen LogP contribution in [0.4, 0.5) is 4.79 Å². The molecular weight excluding hydrogens is 350 g/mol. The molecule has 0 radical (unpaired) electrons. The van der Waals surface area contributed by atoms with E-state index in [2.05, 4.69) is 9.97 Å². The summed E-state index contributed by atoms with van der Waals surface area (Å²) in [6.07, 6.45) is 2.99. The van der Waals surface area contributed by atoms with E-state index in [9.17, 15) is 9.00 Å². The Morgan fingerprint density at radius 3 is 2.54 bits per heavy atom. The Kier molecular flexibility index (Phi) is 5.55. The van der Waals surface area contributed by atoms with Gasteiger partial charge in [0, 0.05) is 18.8 Å². The number of hydrogen-bond acceptors (Lipinski definition) is 5. The number of rotatable bonds is 3. The summed E-state index contributed by atoms with van der Waals surface area (Å²) < 4.78 is 18.1. The van der Waals surface area contributed by atoms with E-state index >= 15 is 0 Å². The monoisotopic (exact) mass is 375 g/mol. The van der Waals surface area contributed by atoms with Crippen molar-refractivity contribution in [1.29, 1.82) is 0 Å². The fourth-order valence-electron chi connectivity index (χ4n) is 2.96. The van der Waals surface area contributed by atoms with Crippen molar-refractivity contribution in [2.75, 3.05) is 18.8 Å². The molecule has 1 atom stereocenters. The normalized spacial score (nSPS) is 17.3. The van der Waals surface area contributed by atoms with Gasteiger partial charge in [-0.2, -0.15) is 0 Å². The molecular formula is C19H25N3O3S. The van der Waals surface area contributed by atoms with Gasteiger partial charge in [-0.05, 0) is 51.7 Å². The summed E-state index contributed by atoms with van der Waals surface area (Å²) in [7, 11) is -1.18. The number of carbonyl (C=O) groups is 1.